The van der Waals surface area contributed by atoms with Crippen molar-refractivity contribution in [2.24, 2.45) is 0 Å². The molecule has 1 saturated heterocycles. The van der Waals surface area contributed by atoms with Crippen LogP contribution in [0.2, 0.25) is 5.15 Å². The van der Waals surface area contributed by atoms with Gasteiger partial charge in [0.15, 0.2) is 0 Å². The summed E-state index contributed by atoms with van der Waals surface area (Å²) in [6.07, 6.45) is 1.79. The summed E-state index contributed by atoms with van der Waals surface area (Å²) >= 11 is 5.81. The van der Waals surface area contributed by atoms with Gasteiger partial charge >= 0.3 is 0 Å². The van der Waals surface area contributed by atoms with E-state index in [1.807, 2.05) is 12.1 Å². The zero-order valence-electron chi connectivity index (χ0n) is 8.56. The number of piperidine rings is 1. The number of aliphatic hydroxyl groups is 1. The summed E-state index contributed by atoms with van der Waals surface area (Å²) in [5.41, 5.74) is 0.969. The average molecular weight is 227 g/mol. The van der Waals surface area contributed by atoms with Crippen LogP contribution in [0.5, 0.6) is 0 Å². The average Bonchev–Trinajstić information content (AvgIpc) is 2.17. The van der Waals surface area contributed by atoms with Gasteiger partial charge in [0.1, 0.15) is 5.15 Å². The third kappa shape index (κ3) is 3.16. The van der Waals surface area contributed by atoms with Crippen LogP contribution in [0.15, 0.2) is 18.2 Å². The molecule has 2 rings (SSSR count). The first-order valence-corrected chi connectivity index (χ1v) is 5.64. The van der Waals surface area contributed by atoms with Gasteiger partial charge in [0.2, 0.25) is 0 Å². The fourth-order valence-electron chi connectivity index (χ4n) is 1.94. The van der Waals surface area contributed by atoms with E-state index >= 15 is 0 Å². The number of aliphatic hydroxyl groups excluding tert-OH is 1. The van der Waals surface area contributed by atoms with Crippen LogP contribution in [0, 0.1) is 0 Å². The van der Waals surface area contributed by atoms with Crippen molar-refractivity contribution in [3.63, 3.8) is 0 Å². The number of aromatic nitrogens is 1. The Bertz CT molecular complexity index is 332. The summed E-state index contributed by atoms with van der Waals surface area (Å²) < 4.78 is 0. The number of likely N-dealkylation sites (tertiary alicyclic amines) is 1. The Morgan fingerprint density at radius 3 is 3.13 bits per heavy atom. The van der Waals surface area contributed by atoms with Crippen molar-refractivity contribution in [1.29, 1.82) is 0 Å². The van der Waals surface area contributed by atoms with Gasteiger partial charge < -0.3 is 5.11 Å². The Labute approximate surface area is 94.7 Å². The summed E-state index contributed by atoms with van der Waals surface area (Å²) in [4.78, 5) is 6.45. The number of hydrogen-bond donors (Lipinski definition) is 1. The summed E-state index contributed by atoms with van der Waals surface area (Å²) in [6, 6.07) is 5.65. The van der Waals surface area contributed by atoms with E-state index in [2.05, 4.69) is 9.88 Å². The van der Waals surface area contributed by atoms with Crippen LogP contribution in [0.3, 0.4) is 0 Å². The van der Waals surface area contributed by atoms with E-state index in [1.165, 1.54) is 0 Å². The Hall–Kier alpha value is -0.640. The van der Waals surface area contributed by atoms with Crippen molar-refractivity contribution in [3.8, 4) is 0 Å². The zero-order chi connectivity index (χ0) is 10.7. The van der Waals surface area contributed by atoms with Crippen LogP contribution in [0.4, 0.5) is 0 Å². The second-order valence-electron chi connectivity index (χ2n) is 3.98. The quantitative estimate of drug-likeness (QED) is 0.780. The monoisotopic (exact) mass is 226 g/mol. The number of rotatable bonds is 2. The highest BCUT2D eigenvalue weighted by atomic mass is 35.5. The summed E-state index contributed by atoms with van der Waals surface area (Å²) in [5.74, 6) is 0. The molecule has 0 saturated carbocycles. The zero-order valence-corrected chi connectivity index (χ0v) is 9.32. The van der Waals surface area contributed by atoms with Crippen molar-refractivity contribution in [2.45, 2.75) is 25.5 Å². The summed E-state index contributed by atoms with van der Waals surface area (Å²) in [6.45, 7) is 2.55. The van der Waals surface area contributed by atoms with Crippen molar-refractivity contribution in [1.82, 2.24) is 9.88 Å². The van der Waals surface area contributed by atoms with Crippen LogP contribution < -0.4 is 0 Å². The molecule has 0 bridgehead atoms. The van der Waals surface area contributed by atoms with E-state index in [0.717, 1.165) is 38.2 Å². The molecule has 1 unspecified atom stereocenters. The second kappa shape index (κ2) is 4.92. The van der Waals surface area contributed by atoms with Gasteiger partial charge in [-0.2, -0.15) is 0 Å². The van der Waals surface area contributed by atoms with Crippen LogP contribution >= 0.6 is 11.6 Å². The molecule has 1 aromatic rings. The number of pyridine rings is 1. The van der Waals surface area contributed by atoms with Crippen molar-refractivity contribution >= 4 is 11.6 Å². The first-order valence-electron chi connectivity index (χ1n) is 5.26. The highest BCUT2D eigenvalue weighted by molar-refractivity contribution is 6.29. The maximum atomic E-state index is 9.52. The Balaban J connectivity index is 1.96. The van der Waals surface area contributed by atoms with Gasteiger partial charge in [-0.15, -0.1) is 0 Å². The molecule has 82 valence electrons. The third-order valence-corrected chi connectivity index (χ3v) is 2.85. The van der Waals surface area contributed by atoms with Crippen molar-refractivity contribution in [3.05, 3.63) is 29.0 Å². The fraction of sp³-hybridized carbons (Fsp3) is 0.545. The van der Waals surface area contributed by atoms with Gasteiger partial charge in [0.05, 0.1) is 11.8 Å². The minimum Gasteiger partial charge on any atom is -0.392 e. The predicted octanol–water partition coefficient (Wildman–Crippen LogP) is 1.69. The Morgan fingerprint density at radius 2 is 2.40 bits per heavy atom. The lowest BCUT2D eigenvalue weighted by Crippen LogP contribution is -2.37. The molecule has 1 N–H and O–H groups in total. The van der Waals surface area contributed by atoms with Crippen LogP contribution in [-0.2, 0) is 6.54 Å². The summed E-state index contributed by atoms with van der Waals surface area (Å²) in [5, 5.41) is 10.1. The van der Waals surface area contributed by atoms with E-state index in [-0.39, 0.29) is 6.10 Å². The van der Waals surface area contributed by atoms with Gasteiger partial charge in [-0.25, -0.2) is 4.98 Å². The lowest BCUT2D eigenvalue weighted by Gasteiger charge is -2.29. The molecule has 1 aliphatic rings. The van der Waals surface area contributed by atoms with Gasteiger partial charge in [-0.05, 0) is 31.5 Å². The summed E-state index contributed by atoms with van der Waals surface area (Å²) in [7, 11) is 0. The molecule has 1 aliphatic heterocycles. The Kier molecular flexibility index (Phi) is 3.57. The van der Waals surface area contributed by atoms with Gasteiger partial charge in [-0.1, -0.05) is 17.7 Å². The molecule has 1 atom stereocenters. The van der Waals surface area contributed by atoms with Gasteiger partial charge in [0.25, 0.3) is 0 Å². The van der Waals surface area contributed by atoms with E-state index in [1.54, 1.807) is 6.07 Å². The molecule has 0 aliphatic carbocycles. The van der Waals surface area contributed by atoms with Crippen LogP contribution in [0.1, 0.15) is 18.5 Å². The van der Waals surface area contributed by atoms with Crippen molar-refractivity contribution in [2.75, 3.05) is 13.1 Å². The molecule has 0 radical (unpaired) electrons. The molecule has 15 heavy (non-hydrogen) atoms. The van der Waals surface area contributed by atoms with Crippen LogP contribution in [-0.4, -0.2) is 34.2 Å². The maximum absolute atomic E-state index is 9.52. The van der Waals surface area contributed by atoms with E-state index < -0.39 is 0 Å². The molecular weight excluding hydrogens is 212 g/mol. The molecule has 1 fully saturated rings. The minimum absolute atomic E-state index is 0.182. The normalized spacial score (nSPS) is 22.9. The molecule has 4 heteroatoms. The highest BCUT2D eigenvalue weighted by Crippen LogP contribution is 2.13. The van der Waals surface area contributed by atoms with Crippen molar-refractivity contribution < 1.29 is 5.11 Å². The fourth-order valence-corrected chi connectivity index (χ4v) is 2.12. The van der Waals surface area contributed by atoms with Gasteiger partial charge in [-0.3, -0.25) is 4.90 Å². The molecule has 1 aromatic heterocycles. The number of nitrogens with zero attached hydrogens (tertiary/aromatic N) is 2. The lowest BCUT2D eigenvalue weighted by atomic mass is 10.1. The lowest BCUT2D eigenvalue weighted by molar-refractivity contribution is 0.0662. The smallest absolute Gasteiger partial charge is 0.129 e. The minimum atomic E-state index is -0.182. The SMILES string of the molecule is OC1CCCN(Cc2cccc(Cl)n2)C1. The molecule has 0 aromatic carbocycles. The molecule has 2 heterocycles. The topological polar surface area (TPSA) is 36.4 Å². The molecular formula is C11H15ClN2O. The first-order chi connectivity index (χ1) is 7.24. The van der Waals surface area contributed by atoms with E-state index in [0.29, 0.717) is 5.15 Å². The molecule has 0 spiro atoms. The number of halogens is 1. The molecule has 3 nitrogen and oxygen atoms in total. The second-order valence-corrected chi connectivity index (χ2v) is 4.37. The standard InChI is InChI=1S/C11H15ClN2O/c12-11-5-1-3-9(13-11)7-14-6-2-4-10(15)8-14/h1,3,5,10,15H,2,4,6-8H2. The van der Waals surface area contributed by atoms with Crippen LogP contribution in [0.25, 0.3) is 0 Å². The molecule has 0 amide bonds. The Morgan fingerprint density at radius 1 is 1.53 bits per heavy atom. The largest absolute Gasteiger partial charge is 0.392 e. The van der Waals surface area contributed by atoms with E-state index in [9.17, 15) is 5.11 Å². The predicted molar refractivity (Wildman–Crippen MR) is 59.8 cm³/mol. The van der Waals surface area contributed by atoms with E-state index in [4.69, 9.17) is 11.6 Å². The first kappa shape index (κ1) is 10.9. The highest BCUT2D eigenvalue weighted by Gasteiger charge is 2.17. The maximum Gasteiger partial charge on any atom is 0.129 e. The van der Waals surface area contributed by atoms with Gasteiger partial charge in [0, 0.05) is 13.1 Å². The number of β-amino-alcohol motifs (C(OH)–C–C–N with tert-alkyl or cyclic N) is 1. The number of hydrogen-bond acceptors (Lipinski definition) is 3. The third-order valence-electron chi connectivity index (χ3n) is 2.64.